The molecule has 0 N–H and O–H groups in total. The lowest BCUT2D eigenvalue weighted by atomic mass is 9.55. The predicted molar refractivity (Wildman–Crippen MR) is 64.7 cm³/mol. The summed E-state index contributed by atoms with van der Waals surface area (Å²) in [6.07, 6.45) is 6.65. The van der Waals surface area contributed by atoms with Gasteiger partial charge in [-0.15, -0.1) is 11.6 Å². The van der Waals surface area contributed by atoms with Gasteiger partial charge in [0.2, 0.25) is 0 Å². The highest BCUT2D eigenvalue weighted by Crippen LogP contribution is 2.77. The van der Waals surface area contributed by atoms with Crippen molar-refractivity contribution in [3.05, 3.63) is 0 Å². The maximum absolute atomic E-state index is 11.6. The van der Waals surface area contributed by atoms with Crippen LogP contribution in [0.15, 0.2) is 0 Å². The molecular weight excluding hydrogens is 236 g/mol. The summed E-state index contributed by atoms with van der Waals surface area (Å²) in [5.41, 5.74) is 0.474. The zero-order chi connectivity index (χ0) is 11.8. The highest BCUT2D eigenvalue weighted by molar-refractivity contribution is 6.26. The molecule has 0 radical (unpaired) electrons. The number of rotatable bonds is 2. The first-order chi connectivity index (χ1) is 8.08. The number of ether oxygens (including phenoxy) is 1. The van der Waals surface area contributed by atoms with Gasteiger partial charge in [0.15, 0.2) is 0 Å². The van der Waals surface area contributed by atoms with Gasteiger partial charge < -0.3 is 4.74 Å². The molecule has 4 aliphatic carbocycles. The Labute approximate surface area is 107 Å². The molecular formula is C14H19ClO2. The van der Waals surface area contributed by atoms with Gasteiger partial charge in [-0.3, -0.25) is 4.79 Å². The fraction of sp³-hybridized carbons (Fsp3) is 0.929. The Balaban J connectivity index is 1.67. The molecule has 0 aromatic carbocycles. The first-order valence-electron chi connectivity index (χ1n) is 6.86. The van der Waals surface area contributed by atoms with Gasteiger partial charge in [0.1, 0.15) is 11.5 Å². The van der Waals surface area contributed by atoms with E-state index < -0.39 is 0 Å². The summed E-state index contributed by atoms with van der Waals surface area (Å²) < 4.78 is 5.78. The highest BCUT2D eigenvalue weighted by atomic mass is 35.5. The molecule has 0 aliphatic heterocycles. The van der Waals surface area contributed by atoms with Gasteiger partial charge in [0, 0.05) is 0 Å². The Bertz CT molecular complexity index is 368. The SMILES string of the molecule is CC1(OC(=O)CCl)C2CC3CC4CC1CC34C2. The average molecular weight is 255 g/mol. The quantitative estimate of drug-likeness (QED) is 0.559. The molecule has 4 aliphatic rings. The zero-order valence-corrected chi connectivity index (χ0v) is 11.0. The number of hydrogen-bond donors (Lipinski definition) is 0. The predicted octanol–water partition coefficient (Wildman–Crippen LogP) is 2.98. The van der Waals surface area contributed by atoms with Crippen LogP contribution in [-0.4, -0.2) is 17.5 Å². The van der Waals surface area contributed by atoms with Crippen molar-refractivity contribution in [1.29, 1.82) is 0 Å². The third-order valence-electron chi connectivity index (χ3n) is 6.65. The van der Waals surface area contributed by atoms with Crippen molar-refractivity contribution in [3.63, 3.8) is 0 Å². The van der Waals surface area contributed by atoms with E-state index >= 15 is 0 Å². The zero-order valence-electron chi connectivity index (χ0n) is 10.2. The summed E-state index contributed by atoms with van der Waals surface area (Å²) >= 11 is 5.60. The Hall–Kier alpha value is -0.240. The molecule has 2 nitrogen and oxygen atoms in total. The molecule has 1 spiro atoms. The normalized spacial score (nSPS) is 57.8. The molecule has 4 saturated carbocycles. The van der Waals surface area contributed by atoms with E-state index in [0.717, 1.165) is 11.8 Å². The number of fused-ring (bicyclic) bond motifs is 2. The number of carbonyl (C=O) groups is 1. The smallest absolute Gasteiger partial charge is 0.321 e. The summed E-state index contributed by atoms with van der Waals surface area (Å²) in [4.78, 5) is 11.6. The molecule has 0 saturated heterocycles. The van der Waals surface area contributed by atoms with Crippen molar-refractivity contribution in [1.82, 2.24) is 0 Å². The van der Waals surface area contributed by atoms with Crippen LogP contribution >= 0.6 is 11.6 Å². The molecule has 0 heterocycles. The van der Waals surface area contributed by atoms with E-state index in [0.29, 0.717) is 17.3 Å². The lowest BCUT2D eigenvalue weighted by Crippen LogP contribution is -2.48. The Morgan fingerprint density at radius 2 is 1.71 bits per heavy atom. The second-order valence-corrected chi connectivity index (χ2v) is 7.20. The second-order valence-electron chi connectivity index (χ2n) is 6.93. The Morgan fingerprint density at radius 3 is 2.24 bits per heavy atom. The number of esters is 1. The average Bonchev–Trinajstić information content (AvgIpc) is 2.71. The van der Waals surface area contributed by atoms with Crippen LogP contribution in [0.3, 0.4) is 0 Å². The van der Waals surface area contributed by atoms with Crippen LogP contribution in [0.5, 0.6) is 0 Å². The van der Waals surface area contributed by atoms with Gasteiger partial charge in [-0.1, -0.05) is 0 Å². The molecule has 0 amide bonds. The molecule has 4 unspecified atom stereocenters. The Morgan fingerprint density at radius 1 is 1.18 bits per heavy atom. The van der Waals surface area contributed by atoms with Crippen molar-refractivity contribution in [2.24, 2.45) is 29.1 Å². The standard InChI is InChI=1S/C14H19ClO2/c1-13(17-12(16)7-15)10-3-8-2-9-4-11(13)6-14(8,9)5-10/h8-11H,2-7H2,1H3. The summed E-state index contributed by atoms with van der Waals surface area (Å²) in [6.45, 7) is 2.17. The first-order valence-corrected chi connectivity index (χ1v) is 7.40. The third kappa shape index (κ3) is 1.07. The minimum atomic E-state index is -0.228. The third-order valence-corrected chi connectivity index (χ3v) is 6.87. The van der Waals surface area contributed by atoms with Gasteiger partial charge in [-0.2, -0.15) is 0 Å². The van der Waals surface area contributed by atoms with Gasteiger partial charge in [0.05, 0.1) is 0 Å². The minimum Gasteiger partial charge on any atom is -0.458 e. The van der Waals surface area contributed by atoms with Crippen molar-refractivity contribution in [3.8, 4) is 0 Å². The summed E-state index contributed by atoms with van der Waals surface area (Å²) in [6, 6.07) is 0. The van der Waals surface area contributed by atoms with E-state index in [1.807, 2.05) is 0 Å². The van der Waals surface area contributed by atoms with Crippen molar-refractivity contribution in [2.45, 2.75) is 44.6 Å². The minimum absolute atomic E-state index is 0.00691. The number of carbonyl (C=O) groups excluding carboxylic acids is 1. The fourth-order valence-electron chi connectivity index (χ4n) is 5.81. The second kappa shape index (κ2) is 3.01. The summed E-state index contributed by atoms with van der Waals surface area (Å²) in [5.74, 6) is 2.86. The van der Waals surface area contributed by atoms with E-state index in [4.69, 9.17) is 16.3 Å². The maximum atomic E-state index is 11.6. The maximum Gasteiger partial charge on any atom is 0.321 e. The van der Waals surface area contributed by atoms with E-state index in [1.165, 1.54) is 32.1 Å². The van der Waals surface area contributed by atoms with Crippen LogP contribution in [0.25, 0.3) is 0 Å². The van der Waals surface area contributed by atoms with Crippen LogP contribution in [0.2, 0.25) is 0 Å². The van der Waals surface area contributed by atoms with Gasteiger partial charge in [-0.25, -0.2) is 0 Å². The van der Waals surface area contributed by atoms with E-state index in [2.05, 4.69) is 6.92 Å². The lowest BCUT2D eigenvalue weighted by molar-refractivity contribution is -0.172. The molecule has 4 rings (SSSR count). The van der Waals surface area contributed by atoms with Crippen molar-refractivity contribution in [2.75, 3.05) is 5.88 Å². The van der Waals surface area contributed by atoms with E-state index in [9.17, 15) is 4.79 Å². The molecule has 4 fully saturated rings. The van der Waals surface area contributed by atoms with Gasteiger partial charge >= 0.3 is 5.97 Å². The number of halogens is 1. The van der Waals surface area contributed by atoms with Gasteiger partial charge in [0.25, 0.3) is 0 Å². The van der Waals surface area contributed by atoms with Gasteiger partial charge in [-0.05, 0) is 68.1 Å². The molecule has 0 aromatic rings. The first kappa shape index (κ1) is 10.7. The largest absolute Gasteiger partial charge is 0.458 e. The van der Waals surface area contributed by atoms with Crippen molar-refractivity contribution < 1.29 is 9.53 Å². The highest BCUT2D eigenvalue weighted by Gasteiger charge is 2.72. The summed E-state index contributed by atoms with van der Waals surface area (Å²) in [7, 11) is 0. The van der Waals surface area contributed by atoms with Crippen LogP contribution in [0.1, 0.15) is 39.0 Å². The molecule has 3 bridgehead atoms. The topological polar surface area (TPSA) is 26.3 Å². The lowest BCUT2D eigenvalue weighted by Gasteiger charge is -2.50. The number of hydrogen-bond acceptors (Lipinski definition) is 2. The Kier molecular flexibility index (Phi) is 1.89. The monoisotopic (exact) mass is 254 g/mol. The van der Waals surface area contributed by atoms with Crippen LogP contribution < -0.4 is 0 Å². The van der Waals surface area contributed by atoms with Crippen molar-refractivity contribution >= 4 is 17.6 Å². The molecule has 0 aromatic heterocycles. The molecule has 94 valence electrons. The van der Waals surface area contributed by atoms with E-state index in [-0.39, 0.29) is 17.5 Å². The van der Waals surface area contributed by atoms with Crippen LogP contribution in [0.4, 0.5) is 0 Å². The fourth-order valence-corrected chi connectivity index (χ4v) is 5.87. The van der Waals surface area contributed by atoms with Crippen LogP contribution in [-0.2, 0) is 9.53 Å². The molecule has 17 heavy (non-hydrogen) atoms. The summed E-state index contributed by atoms with van der Waals surface area (Å²) in [5, 5.41) is 0. The van der Waals surface area contributed by atoms with E-state index in [1.54, 1.807) is 0 Å². The number of alkyl halides is 1. The molecule has 3 heteroatoms. The molecule has 4 atom stereocenters. The van der Waals surface area contributed by atoms with Crippen LogP contribution in [0, 0.1) is 29.1 Å².